The minimum atomic E-state index is -4.22. The van der Waals surface area contributed by atoms with E-state index in [2.05, 4.69) is 19.1 Å². The van der Waals surface area contributed by atoms with Crippen molar-refractivity contribution in [2.75, 3.05) is 11.4 Å². The molecule has 0 radical (unpaired) electrons. The molecule has 0 saturated carbocycles. The number of anilines is 1. The molecule has 3 rings (SSSR count). The van der Waals surface area contributed by atoms with E-state index in [1.165, 1.54) is 11.1 Å². The summed E-state index contributed by atoms with van der Waals surface area (Å²) in [6.45, 7) is 1.99. The fourth-order valence-electron chi connectivity index (χ4n) is 3.60. The van der Waals surface area contributed by atoms with E-state index < -0.39 is 12.1 Å². The van der Waals surface area contributed by atoms with Crippen molar-refractivity contribution in [3.63, 3.8) is 0 Å². The lowest BCUT2D eigenvalue weighted by Crippen LogP contribution is -2.30. The molecular weight excluding hydrogens is 337 g/mol. The summed E-state index contributed by atoms with van der Waals surface area (Å²) < 4.78 is 39.3. The van der Waals surface area contributed by atoms with E-state index in [0.717, 1.165) is 17.7 Å². The molecule has 2 aromatic rings. The fourth-order valence-corrected chi connectivity index (χ4v) is 3.60. The Balaban J connectivity index is 1.76. The third-order valence-electron chi connectivity index (χ3n) is 5.13. The van der Waals surface area contributed by atoms with E-state index >= 15 is 0 Å². The Kier molecular flexibility index (Phi) is 5.22. The first kappa shape index (κ1) is 18.3. The van der Waals surface area contributed by atoms with E-state index in [-0.39, 0.29) is 25.4 Å². The van der Waals surface area contributed by atoms with Crippen LogP contribution in [-0.4, -0.2) is 18.8 Å². The summed E-state index contributed by atoms with van der Waals surface area (Å²) >= 11 is 0. The third-order valence-corrected chi connectivity index (χ3v) is 5.13. The monoisotopic (exact) mass is 358 g/mol. The molecule has 2 atom stereocenters. The van der Waals surface area contributed by atoms with Crippen molar-refractivity contribution >= 4 is 5.69 Å². The molecular formula is C21H21F3N2. The Morgan fingerprint density at radius 2 is 1.81 bits per heavy atom. The molecule has 2 aromatic carbocycles. The Bertz CT molecular complexity index is 790. The largest absolute Gasteiger partial charge is 0.393 e. The molecule has 1 saturated heterocycles. The lowest BCUT2D eigenvalue weighted by atomic mass is 10.0. The number of nitrogens with zero attached hydrogens (tertiary/aromatic N) is 2. The summed E-state index contributed by atoms with van der Waals surface area (Å²) in [6, 6.07) is 17.5. The van der Waals surface area contributed by atoms with Crippen molar-refractivity contribution in [2.45, 2.75) is 38.4 Å². The highest BCUT2D eigenvalue weighted by Crippen LogP contribution is 2.39. The van der Waals surface area contributed by atoms with Gasteiger partial charge in [-0.1, -0.05) is 36.4 Å². The number of hydrogen-bond donors (Lipinski definition) is 0. The second-order valence-corrected chi connectivity index (χ2v) is 6.91. The van der Waals surface area contributed by atoms with Gasteiger partial charge < -0.3 is 4.90 Å². The summed E-state index contributed by atoms with van der Waals surface area (Å²) in [7, 11) is 0. The van der Waals surface area contributed by atoms with Gasteiger partial charge in [-0.3, -0.25) is 0 Å². The highest BCUT2D eigenvalue weighted by molar-refractivity contribution is 5.51. The third kappa shape index (κ3) is 4.01. The summed E-state index contributed by atoms with van der Waals surface area (Å²) in [6.07, 6.45) is -3.33. The molecule has 0 aliphatic carbocycles. The number of aryl methyl sites for hydroxylation is 1. The van der Waals surface area contributed by atoms with Gasteiger partial charge in [0.05, 0.1) is 18.4 Å². The van der Waals surface area contributed by atoms with Gasteiger partial charge in [-0.05, 0) is 48.6 Å². The predicted octanol–water partition coefficient (Wildman–Crippen LogP) is 5.26. The van der Waals surface area contributed by atoms with Gasteiger partial charge in [0.25, 0.3) is 0 Å². The molecule has 1 fully saturated rings. The van der Waals surface area contributed by atoms with E-state index in [1.807, 2.05) is 42.5 Å². The summed E-state index contributed by atoms with van der Waals surface area (Å²) in [5, 5.41) is 8.96. The van der Waals surface area contributed by atoms with Crippen LogP contribution < -0.4 is 4.90 Å². The SMILES string of the molecule is Cc1ccccc1Cc1ccc(N2C[C@@H](C(F)(F)F)C[C@H]2CC#N)cc1. The lowest BCUT2D eigenvalue weighted by Gasteiger charge is -2.25. The molecule has 5 heteroatoms. The van der Waals surface area contributed by atoms with Crippen molar-refractivity contribution in [2.24, 2.45) is 5.92 Å². The molecule has 1 aliphatic rings. The molecule has 136 valence electrons. The smallest absolute Gasteiger partial charge is 0.367 e. The first-order valence-electron chi connectivity index (χ1n) is 8.72. The molecule has 1 heterocycles. The van der Waals surface area contributed by atoms with E-state index in [9.17, 15) is 13.2 Å². The number of hydrogen-bond acceptors (Lipinski definition) is 2. The normalized spacial score (nSPS) is 20.2. The van der Waals surface area contributed by atoms with Crippen molar-refractivity contribution < 1.29 is 13.2 Å². The maximum absolute atomic E-state index is 13.1. The van der Waals surface area contributed by atoms with Crippen molar-refractivity contribution in [3.05, 3.63) is 65.2 Å². The van der Waals surface area contributed by atoms with E-state index in [1.54, 1.807) is 4.90 Å². The number of nitriles is 1. The van der Waals surface area contributed by atoms with E-state index in [0.29, 0.717) is 0 Å². The van der Waals surface area contributed by atoms with Crippen LogP contribution in [0.15, 0.2) is 48.5 Å². The summed E-state index contributed by atoms with van der Waals surface area (Å²) in [4.78, 5) is 1.74. The average molecular weight is 358 g/mol. The quantitative estimate of drug-likeness (QED) is 0.746. The minimum absolute atomic E-state index is 0.0119. The zero-order valence-electron chi connectivity index (χ0n) is 14.6. The molecule has 0 aromatic heterocycles. The first-order valence-corrected chi connectivity index (χ1v) is 8.72. The molecule has 0 bridgehead atoms. The number of halogens is 3. The molecule has 0 spiro atoms. The number of rotatable bonds is 4. The molecule has 1 aliphatic heterocycles. The average Bonchev–Trinajstić information content (AvgIpc) is 3.02. The molecule has 0 N–H and O–H groups in total. The highest BCUT2D eigenvalue weighted by atomic mass is 19.4. The van der Waals surface area contributed by atoms with Crippen LogP contribution in [0.5, 0.6) is 0 Å². The standard InChI is InChI=1S/C21H21F3N2/c1-15-4-2-3-5-17(15)12-16-6-8-19(9-7-16)26-14-18(21(22,23)24)13-20(26)10-11-25/h2-9,18,20H,10,12-14H2,1H3/t18-,20+/m0/s1. The fraction of sp³-hybridized carbons (Fsp3) is 0.381. The van der Waals surface area contributed by atoms with Gasteiger partial charge >= 0.3 is 6.18 Å². The Morgan fingerprint density at radius 1 is 1.12 bits per heavy atom. The van der Waals surface area contributed by atoms with Gasteiger partial charge in [0.15, 0.2) is 0 Å². The number of alkyl halides is 3. The number of benzene rings is 2. The maximum Gasteiger partial charge on any atom is 0.393 e. The zero-order chi connectivity index (χ0) is 18.7. The van der Waals surface area contributed by atoms with Crippen molar-refractivity contribution in [1.29, 1.82) is 5.26 Å². The van der Waals surface area contributed by atoms with Gasteiger partial charge in [-0.2, -0.15) is 18.4 Å². The summed E-state index contributed by atoms with van der Waals surface area (Å²) in [5.74, 6) is -1.37. The lowest BCUT2D eigenvalue weighted by molar-refractivity contribution is -0.168. The van der Waals surface area contributed by atoms with Crippen LogP contribution in [0.4, 0.5) is 18.9 Å². The van der Waals surface area contributed by atoms with Crippen LogP contribution in [-0.2, 0) is 6.42 Å². The van der Waals surface area contributed by atoms with Crippen LogP contribution >= 0.6 is 0 Å². The van der Waals surface area contributed by atoms with Crippen LogP contribution in [0.1, 0.15) is 29.5 Å². The van der Waals surface area contributed by atoms with Crippen LogP contribution in [0.25, 0.3) is 0 Å². The van der Waals surface area contributed by atoms with Gasteiger partial charge in [-0.25, -0.2) is 0 Å². The van der Waals surface area contributed by atoms with Crippen LogP contribution in [0, 0.1) is 24.2 Å². The first-order chi connectivity index (χ1) is 12.4. The predicted molar refractivity (Wildman–Crippen MR) is 96.0 cm³/mol. The maximum atomic E-state index is 13.1. The zero-order valence-corrected chi connectivity index (χ0v) is 14.6. The van der Waals surface area contributed by atoms with Gasteiger partial charge in [0, 0.05) is 18.3 Å². The second-order valence-electron chi connectivity index (χ2n) is 6.91. The molecule has 26 heavy (non-hydrogen) atoms. The highest BCUT2D eigenvalue weighted by Gasteiger charge is 2.47. The Labute approximate surface area is 151 Å². The van der Waals surface area contributed by atoms with Crippen LogP contribution in [0.2, 0.25) is 0 Å². The van der Waals surface area contributed by atoms with Crippen molar-refractivity contribution in [1.82, 2.24) is 0 Å². The summed E-state index contributed by atoms with van der Waals surface area (Å²) in [5.41, 5.74) is 4.33. The van der Waals surface area contributed by atoms with Crippen molar-refractivity contribution in [3.8, 4) is 6.07 Å². The van der Waals surface area contributed by atoms with Gasteiger partial charge in [-0.15, -0.1) is 0 Å². The molecule has 2 nitrogen and oxygen atoms in total. The van der Waals surface area contributed by atoms with Crippen LogP contribution in [0.3, 0.4) is 0 Å². The molecule has 0 unspecified atom stereocenters. The molecule has 0 amide bonds. The topological polar surface area (TPSA) is 27.0 Å². The van der Waals surface area contributed by atoms with E-state index in [4.69, 9.17) is 5.26 Å². The Hall–Kier alpha value is -2.48. The van der Waals surface area contributed by atoms with Gasteiger partial charge in [0.1, 0.15) is 0 Å². The minimum Gasteiger partial charge on any atom is -0.367 e. The van der Waals surface area contributed by atoms with Gasteiger partial charge in [0.2, 0.25) is 0 Å². The Morgan fingerprint density at radius 3 is 2.42 bits per heavy atom. The second kappa shape index (κ2) is 7.41.